The highest BCUT2D eigenvalue weighted by Crippen LogP contribution is 2.40. The maximum atomic E-state index is 12.6. The van der Waals surface area contributed by atoms with Crippen LogP contribution in [0.15, 0.2) is 49.1 Å². The predicted molar refractivity (Wildman–Crippen MR) is 176 cm³/mol. The zero-order valence-corrected chi connectivity index (χ0v) is 26.5. The van der Waals surface area contributed by atoms with Gasteiger partial charge in [-0.25, -0.2) is 4.98 Å². The van der Waals surface area contributed by atoms with Crippen LogP contribution in [0.4, 0.5) is 11.4 Å². The maximum Gasteiger partial charge on any atom is 0.246 e. The third-order valence-electron chi connectivity index (χ3n) is 9.73. The Bertz CT molecular complexity index is 1700. The summed E-state index contributed by atoms with van der Waals surface area (Å²) in [6.45, 7) is 12.4. The summed E-state index contributed by atoms with van der Waals surface area (Å²) in [5.74, 6) is 0.791. The summed E-state index contributed by atoms with van der Waals surface area (Å²) in [5.41, 5.74) is 5.66. The van der Waals surface area contributed by atoms with Gasteiger partial charge in [0.2, 0.25) is 11.8 Å². The highest BCUT2D eigenvalue weighted by atomic mass is 16.5. The SMILES string of the molecule is C=CC(=O)N1CCN(c2c(C#N)c(OC[C@@H]3C[C@H](C)CN3C)nc3c2CCN(c2cccc4cccc(C)c24)C3)C[C@@H]1CC#N. The summed E-state index contributed by atoms with van der Waals surface area (Å²) in [4.78, 5) is 26.3. The molecule has 9 heteroatoms. The van der Waals surface area contributed by atoms with Gasteiger partial charge in [-0.3, -0.25) is 9.69 Å². The minimum Gasteiger partial charge on any atom is -0.475 e. The van der Waals surface area contributed by atoms with Crippen molar-refractivity contribution in [3.8, 4) is 18.0 Å². The first kappa shape index (κ1) is 30.4. The van der Waals surface area contributed by atoms with Crippen LogP contribution in [-0.2, 0) is 17.8 Å². The smallest absolute Gasteiger partial charge is 0.246 e. The third-order valence-corrected chi connectivity index (χ3v) is 9.73. The Morgan fingerprint density at radius 1 is 1.11 bits per heavy atom. The molecular formula is C36H41N7O2. The molecule has 3 aromatic rings. The van der Waals surface area contributed by atoms with E-state index in [0.717, 1.165) is 36.5 Å². The summed E-state index contributed by atoms with van der Waals surface area (Å²) in [7, 11) is 2.12. The summed E-state index contributed by atoms with van der Waals surface area (Å²) in [6, 6.07) is 17.5. The minimum atomic E-state index is -0.304. The number of likely N-dealkylation sites (N-methyl/N-ethyl adjacent to an activating group) is 1. The van der Waals surface area contributed by atoms with E-state index in [1.165, 1.54) is 28.1 Å². The lowest BCUT2D eigenvalue weighted by molar-refractivity contribution is -0.128. The number of carbonyl (C=O) groups is 1. The molecule has 0 saturated carbocycles. The van der Waals surface area contributed by atoms with Crippen molar-refractivity contribution in [2.24, 2.45) is 5.92 Å². The van der Waals surface area contributed by atoms with Crippen molar-refractivity contribution >= 4 is 28.1 Å². The van der Waals surface area contributed by atoms with Crippen LogP contribution < -0.4 is 14.5 Å². The van der Waals surface area contributed by atoms with Gasteiger partial charge in [-0.2, -0.15) is 10.5 Å². The van der Waals surface area contributed by atoms with Crippen LogP contribution in [0.25, 0.3) is 10.8 Å². The number of hydrogen-bond acceptors (Lipinski definition) is 8. The number of benzene rings is 2. The van der Waals surface area contributed by atoms with Gasteiger partial charge in [0.15, 0.2) is 0 Å². The van der Waals surface area contributed by atoms with Gasteiger partial charge in [0, 0.05) is 55.4 Å². The number of anilines is 2. The molecule has 3 aliphatic heterocycles. The Labute approximate surface area is 265 Å². The average Bonchev–Trinajstić information content (AvgIpc) is 3.38. The van der Waals surface area contributed by atoms with Crippen LogP contribution in [0.3, 0.4) is 0 Å². The lowest BCUT2D eigenvalue weighted by atomic mass is 9.95. The third kappa shape index (κ3) is 5.81. The summed E-state index contributed by atoms with van der Waals surface area (Å²) < 4.78 is 6.46. The van der Waals surface area contributed by atoms with E-state index in [2.05, 4.69) is 90.7 Å². The van der Waals surface area contributed by atoms with Gasteiger partial charge >= 0.3 is 0 Å². The van der Waals surface area contributed by atoms with Crippen LogP contribution in [0.1, 0.15) is 42.1 Å². The highest BCUT2D eigenvalue weighted by molar-refractivity contribution is 5.97. The van der Waals surface area contributed by atoms with E-state index >= 15 is 0 Å². The van der Waals surface area contributed by atoms with Crippen LogP contribution in [0.5, 0.6) is 5.88 Å². The number of pyridine rings is 1. The Kier molecular flexibility index (Phi) is 8.65. The molecule has 0 spiro atoms. The number of aryl methyl sites for hydroxylation is 1. The zero-order valence-electron chi connectivity index (χ0n) is 26.5. The maximum absolute atomic E-state index is 12.6. The molecule has 1 aromatic heterocycles. The van der Waals surface area contributed by atoms with Crippen LogP contribution in [0.2, 0.25) is 0 Å². The van der Waals surface area contributed by atoms with Crippen molar-refractivity contribution in [3.05, 3.63) is 71.4 Å². The van der Waals surface area contributed by atoms with Crippen molar-refractivity contribution in [3.63, 3.8) is 0 Å². The Morgan fingerprint density at radius 3 is 2.62 bits per heavy atom. The molecule has 0 radical (unpaired) electrons. The first-order valence-electron chi connectivity index (χ1n) is 15.9. The first-order chi connectivity index (χ1) is 21.8. The molecule has 2 saturated heterocycles. The zero-order chi connectivity index (χ0) is 31.7. The van der Waals surface area contributed by atoms with Gasteiger partial charge in [0.1, 0.15) is 18.2 Å². The van der Waals surface area contributed by atoms with Gasteiger partial charge in [-0.1, -0.05) is 43.8 Å². The molecule has 2 fully saturated rings. The van der Waals surface area contributed by atoms with Gasteiger partial charge < -0.3 is 19.4 Å². The average molecular weight is 604 g/mol. The van der Waals surface area contributed by atoms with E-state index < -0.39 is 0 Å². The number of likely N-dealkylation sites (tertiary alicyclic amines) is 1. The van der Waals surface area contributed by atoms with Gasteiger partial charge in [0.05, 0.1) is 36.5 Å². The topological polar surface area (TPSA) is 99.7 Å². The second-order valence-electron chi connectivity index (χ2n) is 12.7. The van der Waals surface area contributed by atoms with E-state index in [1.54, 1.807) is 4.90 Å². The molecule has 0 N–H and O–H groups in total. The molecule has 0 bridgehead atoms. The Balaban J connectivity index is 1.40. The molecule has 0 unspecified atom stereocenters. The van der Waals surface area contributed by atoms with Crippen LogP contribution >= 0.6 is 0 Å². The normalized spacial score (nSPS) is 21.7. The molecule has 232 valence electrons. The summed E-state index contributed by atoms with van der Waals surface area (Å²) in [5, 5.41) is 22.7. The number of aromatic nitrogens is 1. The first-order valence-corrected chi connectivity index (χ1v) is 15.9. The van der Waals surface area contributed by atoms with Gasteiger partial charge in [0.25, 0.3) is 0 Å². The molecule has 1 amide bonds. The predicted octanol–water partition coefficient (Wildman–Crippen LogP) is 4.81. The fourth-order valence-corrected chi connectivity index (χ4v) is 7.54. The Hall–Kier alpha value is -4.60. The molecule has 9 nitrogen and oxygen atoms in total. The second-order valence-corrected chi connectivity index (χ2v) is 12.7. The van der Waals surface area contributed by atoms with E-state index in [4.69, 9.17) is 9.72 Å². The number of amides is 1. The number of nitrogens with zero attached hydrogens (tertiary/aromatic N) is 7. The highest BCUT2D eigenvalue weighted by Gasteiger charge is 2.35. The number of hydrogen-bond donors (Lipinski definition) is 0. The number of carbonyl (C=O) groups excluding carboxylic acids is 1. The number of ether oxygens (including phenoxy) is 1. The number of fused-ring (bicyclic) bond motifs is 2. The lowest BCUT2D eigenvalue weighted by Gasteiger charge is -2.43. The van der Waals surface area contributed by atoms with Crippen LogP contribution in [0, 0.1) is 35.5 Å². The van der Waals surface area contributed by atoms with E-state index in [9.17, 15) is 15.3 Å². The fourth-order valence-electron chi connectivity index (χ4n) is 7.54. The quantitative estimate of drug-likeness (QED) is 0.355. The number of piperazine rings is 1. The van der Waals surface area contributed by atoms with Crippen LogP contribution in [-0.4, -0.2) is 79.2 Å². The summed E-state index contributed by atoms with van der Waals surface area (Å²) >= 11 is 0. The van der Waals surface area contributed by atoms with E-state index in [0.29, 0.717) is 56.6 Å². The monoisotopic (exact) mass is 603 g/mol. The molecule has 0 aliphatic carbocycles. The fraction of sp³-hybridized carbons (Fsp3) is 0.444. The van der Waals surface area contributed by atoms with Crippen molar-refractivity contribution < 1.29 is 9.53 Å². The standard InChI is InChI=1S/C36H41N7O2/c1-5-33(44)43-17-16-42(21-27(43)12-14-37)35-29-13-15-41(32-11-7-10-26-9-6-8-25(3)34(26)32)22-31(29)39-36(30(35)19-38)45-23-28-18-24(2)20-40(28)4/h5-11,24,27-28H,1,12-13,15-18,20-23H2,2-4H3/t24-,27-,28-/m0/s1. The van der Waals surface area contributed by atoms with E-state index in [1.807, 2.05) is 0 Å². The van der Waals surface area contributed by atoms with Crippen molar-refractivity contribution in [2.45, 2.75) is 51.7 Å². The molecule has 3 aliphatic rings. The molecule has 4 heterocycles. The minimum absolute atomic E-state index is 0.174. The molecule has 3 atom stereocenters. The largest absolute Gasteiger partial charge is 0.475 e. The molecular weight excluding hydrogens is 562 g/mol. The van der Waals surface area contributed by atoms with Gasteiger partial charge in [-0.15, -0.1) is 0 Å². The van der Waals surface area contributed by atoms with Crippen molar-refractivity contribution in [1.82, 2.24) is 14.8 Å². The molecule has 2 aromatic carbocycles. The lowest BCUT2D eigenvalue weighted by Crippen LogP contribution is -2.55. The summed E-state index contributed by atoms with van der Waals surface area (Å²) in [6.07, 6.45) is 3.27. The number of rotatable bonds is 7. The Morgan fingerprint density at radius 2 is 1.91 bits per heavy atom. The van der Waals surface area contributed by atoms with Gasteiger partial charge in [-0.05, 0) is 55.8 Å². The van der Waals surface area contributed by atoms with Crippen molar-refractivity contribution in [2.75, 3.05) is 56.2 Å². The molecule has 45 heavy (non-hydrogen) atoms. The number of nitriles is 2. The second kappa shape index (κ2) is 12.8. The van der Waals surface area contributed by atoms with Crippen molar-refractivity contribution in [1.29, 1.82) is 10.5 Å². The molecule has 6 rings (SSSR count). The van der Waals surface area contributed by atoms with E-state index in [-0.39, 0.29) is 24.4 Å².